The van der Waals surface area contributed by atoms with Crippen LogP contribution < -0.4 is 0 Å². The van der Waals surface area contributed by atoms with Crippen LogP contribution in [0.3, 0.4) is 0 Å². The molecule has 0 bridgehead atoms. The van der Waals surface area contributed by atoms with Gasteiger partial charge in [0.2, 0.25) is 10.0 Å². The standard InChI is InChI=1S/C25H30ClN3O3S2/c1-18-5-3-11-28(15-18)34(30,31)22-9-10-24-23(14-22)27-25(29(24)16-21-8-4-12-32-21)33-17-19-6-2-7-20(26)13-19/h2,6-7,9-10,13-14,18,21H,3-5,8,11-12,15-17H2,1H3/t18-,21-/m1/s1. The van der Waals surface area contributed by atoms with E-state index in [0.29, 0.717) is 41.0 Å². The molecule has 3 aromatic rings. The molecule has 182 valence electrons. The lowest BCUT2D eigenvalue weighted by atomic mass is 10.0. The van der Waals surface area contributed by atoms with E-state index in [1.165, 1.54) is 0 Å². The van der Waals surface area contributed by atoms with E-state index < -0.39 is 10.0 Å². The number of ether oxygens (including phenoxy) is 1. The number of fused-ring (bicyclic) bond motifs is 1. The molecule has 0 saturated carbocycles. The van der Waals surface area contributed by atoms with Gasteiger partial charge in [-0.25, -0.2) is 13.4 Å². The van der Waals surface area contributed by atoms with E-state index in [0.717, 1.165) is 54.3 Å². The fourth-order valence-electron chi connectivity index (χ4n) is 4.81. The van der Waals surface area contributed by atoms with E-state index in [4.69, 9.17) is 21.3 Å². The Morgan fingerprint density at radius 3 is 2.82 bits per heavy atom. The summed E-state index contributed by atoms with van der Waals surface area (Å²) in [6.45, 7) is 4.78. The van der Waals surface area contributed by atoms with Crippen molar-refractivity contribution in [2.45, 2.75) is 61.1 Å². The Morgan fingerprint density at radius 2 is 2.06 bits per heavy atom. The Balaban J connectivity index is 1.47. The molecule has 0 N–H and O–H groups in total. The van der Waals surface area contributed by atoms with Gasteiger partial charge in [0.1, 0.15) is 0 Å². The van der Waals surface area contributed by atoms with Gasteiger partial charge in [-0.05, 0) is 67.5 Å². The van der Waals surface area contributed by atoms with Crippen molar-refractivity contribution < 1.29 is 13.2 Å². The van der Waals surface area contributed by atoms with Crippen LogP contribution in [0.15, 0.2) is 52.5 Å². The highest BCUT2D eigenvalue weighted by molar-refractivity contribution is 7.98. The number of benzene rings is 2. The molecule has 9 heteroatoms. The molecule has 2 aromatic carbocycles. The van der Waals surface area contributed by atoms with E-state index >= 15 is 0 Å². The lowest BCUT2D eigenvalue weighted by molar-refractivity contribution is 0.0960. The number of piperidine rings is 1. The van der Waals surface area contributed by atoms with Gasteiger partial charge < -0.3 is 9.30 Å². The number of halogens is 1. The molecule has 2 saturated heterocycles. The predicted octanol–water partition coefficient (Wildman–Crippen LogP) is 5.58. The molecule has 2 aliphatic rings. The van der Waals surface area contributed by atoms with Crippen molar-refractivity contribution in [2.24, 2.45) is 5.92 Å². The maximum absolute atomic E-state index is 13.3. The van der Waals surface area contributed by atoms with Crippen LogP contribution in [-0.4, -0.2) is 48.1 Å². The van der Waals surface area contributed by atoms with Gasteiger partial charge in [0, 0.05) is 30.5 Å². The average Bonchev–Trinajstić information content (AvgIpc) is 3.46. The molecule has 5 rings (SSSR count). The monoisotopic (exact) mass is 519 g/mol. The number of aromatic nitrogens is 2. The van der Waals surface area contributed by atoms with Crippen LogP contribution >= 0.6 is 23.4 Å². The smallest absolute Gasteiger partial charge is 0.243 e. The largest absolute Gasteiger partial charge is 0.376 e. The highest BCUT2D eigenvalue weighted by atomic mass is 35.5. The Labute approximate surface area is 210 Å². The highest BCUT2D eigenvalue weighted by Crippen LogP contribution is 2.32. The van der Waals surface area contributed by atoms with Gasteiger partial charge in [-0.1, -0.05) is 42.4 Å². The molecule has 2 fully saturated rings. The first-order valence-corrected chi connectivity index (χ1v) is 14.7. The molecule has 0 aliphatic carbocycles. The second-order valence-corrected chi connectivity index (χ2v) is 12.6. The Morgan fingerprint density at radius 1 is 1.18 bits per heavy atom. The molecular formula is C25H30ClN3O3S2. The van der Waals surface area contributed by atoms with Crippen LogP contribution in [0, 0.1) is 5.92 Å². The topological polar surface area (TPSA) is 64.4 Å². The summed E-state index contributed by atoms with van der Waals surface area (Å²) in [7, 11) is -3.53. The lowest BCUT2D eigenvalue weighted by Crippen LogP contribution is -2.39. The average molecular weight is 520 g/mol. The van der Waals surface area contributed by atoms with E-state index in [-0.39, 0.29) is 6.10 Å². The van der Waals surface area contributed by atoms with Crippen molar-refractivity contribution in [3.8, 4) is 0 Å². The molecule has 6 nitrogen and oxygen atoms in total. The lowest BCUT2D eigenvalue weighted by Gasteiger charge is -2.30. The number of hydrogen-bond donors (Lipinski definition) is 0. The predicted molar refractivity (Wildman–Crippen MR) is 137 cm³/mol. The number of hydrogen-bond acceptors (Lipinski definition) is 5. The molecule has 2 atom stereocenters. The first-order chi connectivity index (χ1) is 16.4. The molecule has 0 spiro atoms. The summed E-state index contributed by atoms with van der Waals surface area (Å²) < 4.78 is 36.4. The zero-order chi connectivity index (χ0) is 23.7. The number of rotatable bonds is 7. The summed E-state index contributed by atoms with van der Waals surface area (Å²) in [6.07, 6.45) is 4.23. The quantitative estimate of drug-likeness (QED) is 0.381. The second kappa shape index (κ2) is 10.2. The first-order valence-electron chi connectivity index (χ1n) is 11.9. The molecule has 34 heavy (non-hydrogen) atoms. The molecule has 2 aliphatic heterocycles. The van der Waals surface area contributed by atoms with Crippen molar-refractivity contribution >= 4 is 44.4 Å². The normalized spacial score (nSPS) is 21.9. The summed E-state index contributed by atoms with van der Waals surface area (Å²) in [6, 6.07) is 13.2. The third-order valence-corrected chi connectivity index (χ3v) is 9.75. The van der Waals surface area contributed by atoms with Crippen molar-refractivity contribution in [3.05, 3.63) is 53.1 Å². The summed E-state index contributed by atoms with van der Waals surface area (Å²) in [5.74, 6) is 1.11. The van der Waals surface area contributed by atoms with Gasteiger partial charge in [-0.3, -0.25) is 0 Å². The van der Waals surface area contributed by atoms with E-state index in [9.17, 15) is 8.42 Å². The Hall–Kier alpha value is -1.58. The number of thioether (sulfide) groups is 1. The van der Waals surface area contributed by atoms with Crippen LogP contribution in [0.5, 0.6) is 0 Å². The van der Waals surface area contributed by atoms with Gasteiger partial charge in [0.15, 0.2) is 5.16 Å². The Bertz CT molecular complexity index is 1270. The van der Waals surface area contributed by atoms with Crippen molar-refractivity contribution in [3.63, 3.8) is 0 Å². The van der Waals surface area contributed by atoms with Crippen molar-refractivity contribution in [2.75, 3.05) is 19.7 Å². The maximum Gasteiger partial charge on any atom is 0.243 e. The minimum Gasteiger partial charge on any atom is -0.376 e. The number of sulfonamides is 1. The molecule has 3 heterocycles. The van der Waals surface area contributed by atoms with Crippen LogP contribution in [0.25, 0.3) is 11.0 Å². The zero-order valence-corrected chi connectivity index (χ0v) is 21.7. The Kier molecular flexibility index (Phi) is 7.23. The third-order valence-electron chi connectivity index (χ3n) is 6.61. The molecule has 0 unspecified atom stereocenters. The summed E-state index contributed by atoms with van der Waals surface area (Å²) in [5, 5.41) is 1.58. The van der Waals surface area contributed by atoms with Crippen molar-refractivity contribution in [1.82, 2.24) is 13.9 Å². The third kappa shape index (κ3) is 5.16. The molecular weight excluding hydrogens is 490 g/mol. The number of imidazole rings is 1. The van der Waals surface area contributed by atoms with Gasteiger partial charge >= 0.3 is 0 Å². The number of nitrogens with zero attached hydrogens (tertiary/aromatic N) is 3. The maximum atomic E-state index is 13.3. The van der Waals surface area contributed by atoms with E-state index in [1.54, 1.807) is 28.2 Å². The van der Waals surface area contributed by atoms with Crippen LogP contribution in [0.1, 0.15) is 38.2 Å². The van der Waals surface area contributed by atoms with Gasteiger partial charge in [0.25, 0.3) is 0 Å². The van der Waals surface area contributed by atoms with Gasteiger partial charge in [-0.15, -0.1) is 0 Å². The highest BCUT2D eigenvalue weighted by Gasteiger charge is 2.29. The fourth-order valence-corrected chi connectivity index (χ4v) is 7.61. The minimum atomic E-state index is -3.53. The van der Waals surface area contributed by atoms with E-state index in [1.807, 2.05) is 24.3 Å². The molecule has 1 aromatic heterocycles. The first kappa shape index (κ1) is 24.1. The summed E-state index contributed by atoms with van der Waals surface area (Å²) >= 11 is 7.80. The second-order valence-electron chi connectivity index (χ2n) is 9.32. The van der Waals surface area contributed by atoms with Gasteiger partial charge in [-0.2, -0.15) is 4.31 Å². The SMILES string of the molecule is C[C@@H]1CCCN(S(=O)(=O)c2ccc3c(c2)nc(SCc2cccc(Cl)c2)n3C[C@H]2CCCO2)C1. The van der Waals surface area contributed by atoms with Crippen LogP contribution in [0.4, 0.5) is 0 Å². The van der Waals surface area contributed by atoms with Crippen LogP contribution in [0.2, 0.25) is 5.02 Å². The van der Waals surface area contributed by atoms with Gasteiger partial charge in [0.05, 0.1) is 28.6 Å². The van der Waals surface area contributed by atoms with Crippen LogP contribution in [-0.2, 0) is 27.1 Å². The van der Waals surface area contributed by atoms with E-state index in [2.05, 4.69) is 17.6 Å². The fraction of sp³-hybridized carbons (Fsp3) is 0.480. The zero-order valence-electron chi connectivity index (χ0n) is 19.3. The summed E-state index contributed by atoms with van der Waals surface area (Å²) in [5.41, 5.74) is 2.77. The molecule has 0 radical (unpaired) electrons. The van der Waals surface area contributed by atoms with Crippen molar-refractivity contribution in [1.29, 1.82) is 0 Å². The minimum absolute atomic E-state index is 0.154. The summed E-state index contributed by atoms with van der Waals surface area (Å²) in [4.78, 5) is 5.20. The molecule has 0 amide bonds.